The molecule has 0 unspecified atom stereocenters. The van der Waals surface area contributed by atoms with Crippen LogP contribution in [0.2, 0.25) is 0 Å². The predicted octanol–water partition coefficient (Wildman–Crippen LogP) is 5.02. The maximum Gasteiger partial charge on any atom is 0.209 e. The van der Waals surface area contributed by atoms with E-state index in [1.165, 1.54) is 12.1 Å². The van der Waals surface area contributed by atoms with Crippen LogP contribution in [0.15, 0.2) is 79.3 Å². The molecule has 4 heterocycles. The van der Waals surface area contributed by atoms with E-state index in [-0.39, 0.29) is 6.54 Å². The maximum absolute atomic E-state index is 14.5. The predicted molar refractivity (Wildman–Crippen MR) is 141 cm³/mol. The van der Waals surface area contributed by atoms with Crippen LogP contribution in [0.3, 0.4) is 0 Å². The summed E-state index contributed by atoms with van der Waals surface area (Å²) < 4.78 is 39.9. The zero-order chi connectivity index (χ0) is 25.6. The molecule has 0 radical (unpaired) electrons. The number of aromatic nitrogens is 5. The second kappa shape index (κ2) is 8.91. The van der Waals surface area contributed by atoms with Gasteiger partial charge in [-0.15, -0.1) is 0 Å². The lowest BCUT2D eigenvalue weighted by molar-refractivity contribution is 0.586. The summed E-state index contributed by atoms with van der Waals surface area (Å²) in [5.74, 6) is -0.453. The minimum atomic E-state index is -3.41. The quantitative estimate of drug-likeness (QED) is 0.290. The van der Waals surface area contributed by atoms with Gasteiger partial charge in [-0.1, -0.05) is 6.07 Å². The van der Waals surface area contributed by atoms with Gasteiger partial charge in [0.25, 0.3) is 0 Å². The van der Waals surface area contributed by atoms with Gasteiger partial charge in [-0.2, -0.15) is 5.10 Å². The summed E-state index contributed by atoms with van der Waals surface area (Å²) in [6.07, 6.45) is 6.24. The van der Waals surface area contributed by atoms with E-state index in [0.29, 0.717) is 16.8 Å². The van der Waals surface area contributed by atoms with E-state index in [9.17, 15) is 12.8 Å². The number of aromatic amines is 2. The van der Waals surface area contributed by atoms with E-state index >= 15 is 0 Å². The van der Waals surface area contributed by atoms with Crippen molar-refractivity contribution < 1.29 is 12.8 Å². The van der Waals surface area contributed by atoms with Crippen molar-refractivity contribution >= 4 is 32.0 Å². The third kappa shape index (κ3) is 4.59. The second-order valence-corrected chi connectivity index (χ2v) is 10.6. The topological polar surface area (TPSA) is 116 Å². The summed E-state index contributed by atoms with van der Waals surface area (Å²) in [6.45, 7) is -0.00469. The van der Waals surface area contributed by atoms with Crippen LogP contribution < -0.4 is 4.72 Å². The van der Waals surface area contributed by atoms with Gasteiger partial charge in [-0.3, -0.25) is 10.1 Å². The molecular formula is C27H21FN6O2S. The average molecular weight is 513 g/mol. The third-order valence-electron chi connectivity index (χ3n) is 6.17. The number of pyridine rings is 2. The third-order valence-corrected chi connectivity index (χ3v) is 6.84. The minimum Gasteiger partial charge on any atom is -0.338 e. The molecule has 0 amide bonds. The largest absolute Gasteiger partial charge is 0.338 e. The Morgan fingerprint density at radius 1 is 0.892 bits per heavy atom. The molecule has 0 atom stereocenters. The number of benzene rings is 2. The Hall–Kier alpha value is -4.41. The molecule has 10 heteroatoms. The first-order valence-corrected chi connectivity index (χ1v) is 13.3. The molecule has 0 spiro atoms. The Morgan fingerprint density at radius 2 is 1.73 bits per heavy atom. The van der Waals surface area contributed by atoms with Crippen LogP contribution in [-0.4, -0.2) is 39.8 Å². The fourth-order valence-electron chi connectivity index (χ4n) is 4.47. The Labute approximate surface area is 211 Å². The highest BCUT2D eigenvalue weighted by molar-refractivity contribution is 7.88. The molecule has 37 heavy (non-hydrogen) atoms. The molecule has 6 aromatic rings. The van der Waals surface area contributed by atoms with Gasteiger partial charge in [-0.05, 0) is 82.4 Å². The van der Waals surface area contributed by atoms with Crippen LogP contribution in [0.4, 0.5) is 4.39 Å². The molecule has 0 aliphatic heterocycles. The Kier molecular flexibility index (Phi) is 5.54. The first kappa shape index (κ1) is 23.0. The molecule has 0 saturated heterocycles. The molecule has 0 bridgehead atoms. The molecule has 0 aliphatic rings. The van der Waals surface area contributed by atoms with Crippen molar-refractivity contribution in [3.63, 3.8) is 0 Å². The Morgan fingerprint density at radius 3 is 2.54 bits per heavy atom. The number of halogens is 1. The Balaban J connectivity index is 1.44. The smallest absolute Gasteiger partial charge is 0.209 e. The minimum absolute atomic E-state index is 0.00469. The summed E-state index contributed by atoms with van der Waals surface area (Å²) in [5, 5.41) is 9.39. The number of sulfonamides is 1. The lowest BCUT2D eigenvalue weighted by Crippen LogP contribution is -2.21. The fourth-order valence-corrected chi connectivity index (χ4v) is 4.90. The maximum atomic E-state index is 14.5. The number of hydrogen-bond acceptors (Lipinski definition) is 5. The van der Waals surface area contributed by atoms with Crippen molar-refractivity contribution in [2.24, 2.45) is 0 Å². The number of nitrogens with one attached hydrogen (secondary N) is 3. The van der Waals surface area contributed by atoms with Crippen molar-refractivity contribution in [2.75, 3.05) is 6.26 Å². The number of hydrogen-bond donors (Lipinski definition) is 3. The van der Waals surface area contributed by atoms with Gasteiger partial charge < -0.3 is 4.98 Å². The molecule has 0 aliphatic carbocycles. The number of fused-ring (bicyclic) bond motifs is 2. The Bertz CT molecular complexity index is 1880. The second-order valence-electron chi connectivity index (χ2n) is 8.81. The normalized spacial score (nSPS) is 11.9. The van der Waals surface area contributed by atoms with E-state index in [1.54, 1.807) is 24.7 Å². The van der Waals surface area contributed by atoms with Crippen LogP contribution in [0.5, 0.6) is 0 Å². The summed E-state index contributed by atoms with van der Waals surface area (Å²) in [7, 11) is -3.41. The molecule has 4 aromatic heterocycles. The van der Waals surface area contributed by atoms with Gasteiger partial charge in [0, 0.05) is 35.9 Å². The SMILES string of the molecule is CS(=O)(=O)NCc1cc(F)cc(-c2ccnc3[nH]c(-c4n[nH]c5ccc(-c6ccncc6)cc45)cc23)c1. The standard InChI is InChI=1S/C27H21FN6O2S/c1-37(35,36)31-15-16-10-19(12-20(28)11-16)21-6-9-30-27-22(21)14-25(32-27)26-23-13-18(2-3-24(23)33-34-26)17-4-7-29-8-5-17/h2-14,31H,15H2,1H3,(H,30,32)(H,33,34). The molecule has 0 saturated carbocycles. The monoisotopic (exact) mass is 512 g/mol. The first-order valence-electron chi connectivity index (χ1n) is 11.5. The van der Waals surface area contributed by atoms with E-state index < -0.39 is 15.8 Å². The van der Waals surface area contributed by atoms with E-state index in [0.717, 1.165) is 50.6 Å². The van der Waals surface area contributed by atoms with Crippen molar-refractivity contribution in [3.05, 3.63) is 90.6 Å². The van der Waals surface area contributed by atoms with Crippen LogP contribution in [0.25, 0.3) is 55.6 Å². The van der Waals surface area contributed by atoms with Gasteiger partial charge >= 0.3 is 0 Å². The van der Waals surface area contributed by atoms with Crippen molar-refractivity contribution in [3.8, 4) is 33.6 Å². The van der Waals surface area contributed by atoms with Gasteiger partial charge in [-0.25, -0.2) is 22.5 Å². The highest BCUT2D eigenvalue weighted by atomic mass is 32.2. The highest BCUT2D eigenvalue weighted by Crippen LogP contribution is 2.35. The van der Waals surface area contributed by atoms with E-state index in [2.05, 4.69) is 35.9 Å². The summed E-state index contributed by atoms with van der Waals surface area (Å²) in [5.41, 5.74) is 7.04. The molecule has 2 aromatic carbocycles. The van der Waals surface area contributed by atoms with Gasteiger partial charge in [0.05, 0.1) is 17.5 Å². The average Bonchev–Trinajstić information content (AvgIpc) is 3.51. The van der Waals surface area contributed by atoms with Gasteiger partial charge in [0.15, 0.2) is 0 Å². The number of rotatable bonds is 6. The highest BCUT2D eigenvalue weighted by Gasteiger charge is 2.16. The molecule has 6 rings (SSSR count). The lowest BCUT2D eigenvalue weighted by atomic mass is 10.0. The number of H-pyrrole nitrogens is 2. The summed E-state index contributed by atoms with van der Waals surface area (Å²) in [6, 6.07) is 18.3. The van der Waals surface area contributed by atoms with Crippen LogP contribution in [0, 0.1) is 5.82 Å². The van der Waals surface area contributed by atoms with Crippen molar-refractivity contribution in [1.29, 1.82) is 0 Å². The summed E-state index contributed by atoms with van der Waals surface area (Å²) >= 11 is 0. The molecule has 184 valence electrons. The molecular weight excluding hydrogens is 491 g/mol. The first-order chi connectivity index (χ1) is 17.8. The number of nitrogens with zero attached hydrogens (tertiary/aromatic N) is 3. The molecule has 8 nitrogen and oxygen atoms in total. The fraction of sp³-hybridized carbons (Fsp3) is 0.0741. The lowest BCUT2D eigenvalue weighted by Gasteiger charge is -2.08. The van der Waals surface area contributed by atoms with Gasteiger partial charge in [0.2, 0.25) is 10.0 Å². The van der Waals surface area contributed by atoms with Crippen molar-refractivity contribution in [2.45, 2.75) is 6.54 Å². The van der Waals surface area contributed by atoms with Crippen molar-refractivity contribution in [1.82, 2.24) is 29.9 Å². The molecule has 3 N–H and O–H groups in total. The summed E-state index contributed by atoms with van der Waals surface area (Å²) in [4.78, 5) is 11.9. The van der Waals surface area contributed by atoms with Crippen LogP contribution in [0.1, 0.15) is 5.56 Å². The van der Waals surface area contributed by atoms with E-state index in [1.807, 2.05) is 36.4 Å². The van der Waals surface area contributed by atoms with Gasteiger partial charge in [0.1, 0.15) is 17.2 Å². The van der Waals surface area contributed by atoms with Crippen LogP contribution >= 0.6 is 0 Å². The zero-order valence-electron chi connectivity index (χ0n) is 19.7. The van der Waals surface area contributed by atoms with E-state index in [4.69, 9.17) is 0 Å². The zero-order valence-corrected chi connectivity index (χ0v) is 20.5. The molecule has 0 fully saturated rings. The van der Waals surface area contributed by atoms with Crippen LogP contribution in [-0.2, 0) is 16.6 Å².